The molecule has 0 radical (unpaired) electrons. The summed E-state index contributed by atoms with van der Waals surface area (Å²) in [5.41, 5.74) is 0. The van der Waals surface area contributed by atoms with Gasteiger partial charge in [-0.2, -0.15) is 0 Å². The van der Waals surface area contributed by atoms with Crippen LogP contribution in [0.2, 0.25) is 0 Å². The normalized spacial score (nSPS) is 14.5. The number of carboxylic acids is 2. The van der Waals surface area contributed by atoms with Gasteiger partial charge >= 0.3 is 11.9 Å². The molecule has 2 N–H and O–H groups in total. The molecular weight excluding hydrogens is 172 g/mol. The number of aliphatic carboxylic acids is 2. The van der Waals surface area contributed by atoms with E-state index in [1.54, 1.807) is 6.92 Å². The fourth-order valence-corrected chi connectivity index (χ4v) is 1.11. The monoisotopic (exact) mass is 186 g/mol. The molecule has 4 heteroatoms. The van der Waals surface area contributed by atoms with Gasteiger partial charge in [0.25, 0.3) is 0 Å². The van der Waals surface area contributed by atoms with Crippen molar-refractivity contribution in [3.05, 3.63) is 12.7 Å². The molecule has 0 amide bonds. The summed E-state index contributed by atoms with van der Waals surface area (Å²) in [5, 5.41) is 17.1. The molecule has 0 bridgehead atoms. The maximum absolute atomic E-state index is 10.5. The average Bonchev–Trinajstić information content (AvgIpc) is 1.98. The topological polar surface area (TPSA) is 74.6 Å². The number of rotatable bonds is 6. The van der Waals surface area contributed by atoms with Gasteiger partial charge in [-0.05, 0) is 12.3 Å². The SMILES string of the molecule is C=CC(CC(C)CC(=O)O)C(=O)O. The highest BCUT2D eigenvalue weighted by Gasteiger charge is 2.18. The van der Waals surface area contributed by atoms with Gasteiger partial charge in [0.1, 0.15) is 0 Å². The van der Waals surface area contributed by atoms with E-state index in [4.69, 9.17) is 10.2 Å². The van der Waals surface area contributed by atoms with E-state index in [1.165, 1.54) is 6.08 Å². The molecule has 2 atom stereocenters. The van der Waals surface area contributed by atoms with Gasteiger partial charge in [-0.15, -0.1) is 6.58 Å². The summed E-state index contributed by atoms with van der Waals surface area (Å²) in [6.07, 6.45) is 1.66. The van der Waals surface area contributed by atoms with E-state index in [2.05, 4.69) is 6.58 Å². The minimum absolute atomic E-state index is 0.00236. The van der Waals surface area contributed by atoms with Gasteiger partial charge < -0.3 is 10.2 Å². The molecule has 0 saturated carbocycles. The standard InChI is InChI=1S/C9H14O4/c1-3-7(9(12)13)4-6(2)5-8(10)11/h3,6-7H,1,4-5H2,2H3,(H,10,11)(H,12,13). The van der Waals surface area contributed by atoms with Crippen molar-refractivity contribution in [2.45, 2.75) is 19.8 Å². The molecule has 0 fully saturated rings. The molecule has 0 aliphatic heterocycles. The first-order valence-corrected chi connectivity index (χ1v) is 4.04. The molecule has 0 aliphatic carbocycles. The zero-order chi connectivity index (χ0) is 10.4. The van der Waals surface area contributed by atoms with E-state index in [0.29, 0.717) is 6.42 Å². The predicted octanol–water partition coefficient (Wildman–Crippen LogP) is 1.37. The second kappa shape index (κ2) is 5.35. The van der Waals surface area contributed by atoms with Crippen molar-refractivity contribution in [1.29, 1.82) is 0 Å². The molecule has 4 nitrogen and oxygen atoms in total. The van der Waals surface area contributed by atoms with Crippen LogP contribution in [0, 0.1) is 11.8 Å². The number of hydrogen-bond acceptors (Lipinski definition) is 2. The number of carbonyl (C=O) groups is 2. The zero-order valence-electron chi connectivity index (χ0n) is 7.56. The van der Waals surface area contributed by atoms with Gasteiger partial charge in [0.15, 0.2) is 0 Å². The summed E-state index contributed by atoms with van der Waals surface area (Å²) in [7, 11) is 0. The molecule has 0 aromatic heterocycles. The molecule has 0 aliphatic rings. The number of carboxylic acid groups (broad SMARTS) is 2. The summed E-state index contributed by atoms with van der Waals surface area (Å²) < 4.78 is 0. The Kier molecular flexibility index (Phi) is 4.80. The van der Waals surface area contributed by atoms with Crippen LogP contribution >= 0.6 is 0 Å². The Morgan fingerprint density at radius 2 is 2.00 bits per heavy atom. The lowest BCUT2D eigenvalue weighted by molar-refractivity contribution is -0.142. The highest BCUT2D eigenvalue weighted by atomic mass is 16.4. The minimum Gasteiger partial charge on any atom is -0.481 e. The molecule has 13 heavy (non-hydrogen) atoms. The Morgan fingerprint density at radius 1 is 1.46 bits per heavy atom. The third-order valence-corrected chi connectivity index (χ3v) is 1.78. The van der Waals surface area contributed by atoms with Crippen LogP contribution < -0.4 is 0 Å². The van der Waals surface area contributed by atoms with Crippen molar-refractivity contribution in [3.8, 4) is 0 Å². The zero-order valence-corrected chi connectivity index (χ0v) is 7.56. The lowest BCUT2D eigenvalue weighted by Gasteiger charge is -2.11. The molecule has 0 rings (SSSR count). The van der Waals surface area contributed by atoms with E-state index in [-0.39, 0.29) is 12.3 Å². The highest BCUT2D eigenvalue weighted by Crippen LogP contribution is 2.16. The highest BCUT2D eigenvalue weighted by molar-refractivity contribution is 5.72. The first-order chi connectivity index (χ1) is 5.97. The molecule has 0 spiro atoms. The molecule has 2 unspecified atom stereocenters. The Hall–Kier alpha value is -1.32. The first kappa shape index (κ1) is 11.7. The molecule has 0 aromatic rings. The Labute approximate surface area is 76.9 Å². The summed E-state index contributed by atoms with van der Waals surface area (Å²) in [6.45, 7) is 5.10. The maximum Gasteiger partial charge on any atom is 0.310 e. The molecular formula is C9H14O4. The van der Waals surface area contributed by atoms with Crippen molar-refractivity contribution in [1.82, 2.24) is 0 Å². The fourth-order valence-electron chi connectivity index (χ4n) is 1.11. The van der Waals surface area contributed by atoms with Crippen molar-refractivity contribution >= 4 is 11.9 Å². The lowest BCUT2D eigenvalue weighted by atomic mass is 9.94. The van der Waals surface area contributed by atoms with Gasteiger partial charge in [-0.25, -0.2) is 0 Å². The minimum atomic E-state index is -0.952. The number of hydrogen-bond donors (Lipinski definition) is 2. The fraction of sp³-hybridized carbons (Fsp3) is 0.556. The van der Waals surface area contributed by atoms with E-state index in [1.807, 2.05) is 0 Å². The summed E-state index contributed by atoms with van der Waals surface area (Å²) in [6, 6.07) is 0. The molecule has 0 saturated heterocycles. The van der Waals surface area contributed by atoms with Gasteiger partial charge in [0, 0.05) is 6.42 Å². The van der Waals surface area contributed by atoms with Crippen LogP contribution in [0.4, 0.5) is 0 Å². The van der Waals surface area contributed by atoms with Crippen LogP contribution in [0.25, 0.3) is 0 Å². The van der Waals surface area contributed by atoms with Crippen molar-refractivity contribution < 1.29 is 19.8 Å². The Balaban J connectivity index is 4.00. The molecule has 0 heterocycles. The molecule has 74 valence electrons. The summed E-state index contributed by atoms with van der Waals surface area (Å²) in [5.74, 6) is -2.64. The van der Waals surface area contributed by atoms with Crippen LogP contribution in [0.3, 0.4) is 0 Å². The average molecular weight is 186 g/mol. The largest absolute Gasteiger partial charge is 0.481 e. The Morgan fingerprint density at radius 3 is 2.31 bits per heavy atom. The van der Waals surface area contributed by atoms with Crippen molar-refractivity contribution in [2.75, 3.05) is 0 Å². The second-order valence-corrected chi connectivity index (χ2v) is 3.12. The van der Waals surface area contributed by atoms with Gasteiger partial charge in [-0.3, -0.25) is 9.59 Å². The van der Waals surface area contributed by atoms with Crippen molar-refractivity contribution in [2.24, 2.45) is 11.8 Å². The lowest BCUT2D eigenvalue weighted by Crippen LogP contribution is -2.16. The molecule has 0 aromatic carbocycles. The van der Waals surface area contributed by atoms with E-state index in [9.17, 15) is 9.59 Å². The van der Waals surface area contributed by atoms with Crippen LogP contribution in [-0.4, -0.2) is 22.2 Å². The second-order valence-electron chi connectivity index (χ2n) is 3.12. The van der Waals surface area contributed by atoms with E-state index >= 15 is 0 Å². The van der Waals surface area contributed by atoms with Gasteiger partial charge in [0.05, 0.1) is 5.92 Å². The Bertz CT molecular complexity index is 210. The van der Waals surface area contributed by atoms with Gasteiger partial charge in [0.2, 0.25) is 0 Å². The smallest absolute Gasteiger partial charge is 0.310 e. The van der Waals surface area contributed by atoms with Crippen LogP contribution in [0.15, 0.2) is 12.7 Å². The summed E-state index contributed by atoms with van der Waals surface area (Å²) >= 11 is 0. The van der Waals surface area contributed by atoms with E-state index < -0.39 is 17.9 Å². The van der Waals surface area contributed by atoms with Crippen LogP contribution in [-0.2, 0) is 9.59 Å². The van der Waals surface area contributed by atoms with Gasteiger partial charge in [-0.1, -0.05) is 13.0 Å². The maximum atomic E-state index is 10.5. The van der Waals surface area contributed by atoms with Crippen LogP contribution in [0.1, 0.15) is 19.8 Å². The summed E-state index contributed by atoms with van der Waals surface area (Å²) in [4.78, 5) is 20.8. The first-order valence-electron chi connectivity index (χ1n) is 4.04. The van der Waals surface area contributed by atoms with Crippen molar-refractivity contribution in [3.63, 3.8) is 0 Å². The van der Waals surface area contributed by atoms with Crippen LogP contribution in [0.5, 0.6) is 0 Å². The predicted molar refractivity (Wildman–Crippen MR) is 47.4 cm³/mol. The third kappa shape index (κ3) is 5.00. The van der Waals surface area contributed by atoms with E-state index in [0.717, 1.165) is 0 Å². The third-order valence-electron chi connectivity index (χ3n) is 1.78. The quantitative estimate of drug-likeness (QED) is 0.614.